The van der Waals surface area contributed by atoms with Crippen molar-refractivity contribution in [3.63, 3.8) is 0 Å². The van der Waals surface area contributed by atoms with Crippen LogP contribution in [0.15, 0.2) is 30.2 Å². The third-order valence-electron chi connectivity index (χ3n) is 5.69. The lowest BCUT2D eigenvalue weighted by Crippen LogP contribution is -2.47. The maximum atomic E-state index is 5.92. The van der Waals surface area contributed by atoms with Crippen LogP contribution in [0.3, 0.4) is 0 Å². The molecular weight excluding hydrogens is 372 g/mol. The molecular formula is C20H24N6OS. The molecule has 1 aliphatic carbocycles. The Balaban J connectivity index is 1.23. The van der Waals surface area contributed by atoms with E-state index in [1.165, 1.54) is 25.7 Å². The number of anilines is 2. The molecule has 2 aliphatic rings. The van der Waals surface area contributed by atoms with Crippen LogP contribution in [0.4, 0.5) is 11.6 Å². The molecule has 0 bridgehead atoms. The van der Waals surface area contributed by atoms with Gasteiger partial charge in [0.15, 0.2) is 5.82 Å². The first-order valence-corrected chi connectivity index (χ1v) is 10.9. The van der Waals surface area contributed by atoms with E-state index in [0.717, 1.165) is 54.6 Å². The fourth-order valence-corrected chi connectivity index (χ4v) is 4.84. The average molecular weight is 397 g/mol. The zero-order valence-electron chi connectivity index (χ0n) is 15.8. The second-order valence-corrected chi connectivity index (χ2v) is 8.38. The number of ether oxygens (including phenoxy) is 1. The summed E-state index contributed by atoms with van der Waals surface area (Å²) in [5.41, 5.74) is 0. The summed E-state index contributed by atoms with van der Waals surface area (Å²) >= 11 is 1.66. The molecule has 7 nitrogen and oxygen atoms in total. The molecule has 28 heavy (non-hydrogen) atoms. The summed E-state index contributed by atoms with van der Waals surface area (Å²) in [5.74, 6) is 3.25. The number of rotatable bonds is 5. The van der Waals surface area contributed by atoms with E-state index < -0.39 is 0 Å². The number of fused-ring (bicyclic) bond motifs is 1. The van der Waals surface area contributed by atoms with Crippen LogP contribution in [0.5, 0.6) is 5.88 Å². The molecule has 0 radical (unpaired) electrons. The van der Waals surface area contributed by atoms with Crippen LogP contribution in [-0.4, -0.2) is 52.7 Å². The summed E-state index contributed by atoms with van der Waals surface area (Å²) in [4.78, 5) is 23.6. The quantitative estimate of drug-likeness (QED) is 0.655. The smallest absolute Gasteiger partial charge is 0.234 e. The van der Waals surface area contributed by atoms with Crippen LogP contribution in [0.1, 0.15) is 25.7 Å². The fourth-order valence-electron chi connectivity index (χ4n) is 4.12. The van der Waals surface area contributed by atoms with Crippen LogP contribution < -0.4 is 14.5 Å². The van der Waals surface area contributed by atoms with Gasteiger partial charge in [-0.25, -0.2) is 9.97 Å². The molecule has 4 heterocycles. The standard InChI is InChI=1S/C20H24N6OS/c1-2-4-15(3-1)13-27-18-12-21-11-17(24-18)25-6-8-26(9-7-25)19-16-5-10-28-20(16)23-14-22-19/h5,10-12,14-15H,1-4,6-9,13H2. The van der Waals surface area contributed by atoms with Gasteiger partial charge < -0.3 is 14.5 Å². The Hall–Kier alpha value is -2.48. The van der Waals surface area contributed by atoms with Gasteiger partial charge in [0.05, 0.1) is 24.4 Å². The highest BCUT2D eigenvalue weighted by Gasteiger charge is 2.22. The van der Waals surface area contributed by atoms with Crippen molar-refractivity contribution in [2.24, 2.45) is 5.92 Å². The van der Waals surface area contributed by atoms with Crippen molar-refractivity contribution in [1.82, 2.24) is 19.9 Å². The van der Waals surface area contributed by atoms with Crippen molar-refractivity contribution < 1.29 is 4.74 Å². The minimum atomic E-state index is 0.641. The normalized spacial score (nSPS) is 18.1. The lowest BCUT2D eigenvalue weighted by atomic mass is 10.1. The lowest BCUT2D eigenvalue weighted by Gasteiger charge is -2.36. The molecule has 8 heteroatoms. The van der Waals surface area contributed by atoms with Crippen LogP contribution in [0.2, 0.25) is 0 Å². The highest BCUT2D eigenvalue weighted by atomic mass is 32.1. The molecule has 0 aromatic carbocycles. The third kappa shape index (κ3) is 3.61. The maximum Gasteiger partial charge on any atom is 0.234 e. The highest BCUT2D eigenvalue weighted by Crippen LogP contribution is 2.28. The molecule has 0 atom stereocenters. The van der Waals surface area contributed by atoms with E-state index >= 15 is 0 Å². The van der Waals surface area contributed by atoms with Gasteiger partial charge in [-0.05, 0) is 30.2 Å². The molecule has 1 saturated heterocycles. The van der Waals surface area contributed by atoms with Gasteiger partial charge in [0.25, 0.3) is 0 Å². The molecule has 3 aromatic rings. The van der Waals surface area contributed by atoms with Gasteiger partial charge in [-0.2, -0.15) is 4.98 Å². The number of hydrogen-bond acceptors (Lipinski definition) is 8. The van der Waals surface area contributed by atoms with Crippen molar-refractivity contribution in [3.8, 4) is 5.88 Å². The number of nitrogens with zero attached hydrogens (tertiary/aromatic N) is 6. The van der Waals surface area contributed by atoms with E-state index in [9.17, 15) is 0 Å². The Labute approximate surface area is 168 Å². The molecule has 2 fully saturated rings. The molecule has 1 aliphatic heterocycles. The first kappa shape index (κ1) is 17.6. The second-order valence-electron chi connectivity index (χ2n) is 7.49. The average Bonchev–Trinajstić information content (AvgIpc) is 3.44. The van der Waals surface area contributed by atoms with Crippen molar-refractivity contribution in [1.29, 1.82) is 0 Å². The highest BCUT2D eigenvalue weighted by molar-refractivity contribution is 7.16. The van der Waals surface area contributed by atoms with Gasteiger partial charge in [-0.15, -0.1) is 11.3 Å². The van der Waals surface area contributed by atoms with Gasteiger partial charge in [-0.1, -0.05) is 12.8 Å². The van der Waals surface area contributed by atoms with Gasteiger partial charge >= 0.3 is 0 Å². The maximum absolute atomic E-state index is 5.92. The fraction of sp³-hybridized carbons (Fsp3) is 0.500. The largest absolute Gasteiger partial charge is 0.476 e. The SMILES string of the molecule is c1nc(N2CCN(c3cncc(OCC4CCCC4)n3)CC2)c2ccsc2n1. The van der Waals surface area contributed by atoms with Gasteiger partial charge in [0, 0.05) is 26.2 Å². The minimum absolute atomic E-state index is 0.641. The predicted molar refractivity (Wildman–Crippen MR) is 111 cm³/mol. The Bertz CT molecular complexity index is 933. The Morgan fingerprint density at radius 2 is 1.86 bits per heavy atom. The first-order chi connectivity index (χ1) is 13.9. The van der Waals surface area contributed by atoms with Crippen molar-refractivity contribution >= 4 is 33.2 Å². The van der Waals surface area contributed by atoms with E-state index in [1.54, 1.807) is 23.9 Å². The summed E-state index contributed by atoms with van der Waals surface area (Å²) in [5, 5.41) is 3.22. The molecule has 1 saturated carbocycles. The number of thiophene rings is 1. The van der Waals surface area contributed by atoms with E-state index in [0.29, 0.717) is 11.8 Å². The zero-order chi connectivity index (χ0) is 18.8. The van der Waals surface area contributed by atoms with Gasteiger partial charge in [0.2, 0.25) is 5.88 Å². The van der Waals surface area contributed by atoms with E-state index in [-0.39, 0.29) is 0 Å². The number of piperazine rings is 1. The molecule has 0 unspecified atom stereocenters. The lowest BCUT2D eigenvalue weighted by molar-refractivity contribution is 0.242. The summed E-state index contributed by atoms with van der Waals surface area (Å²) in [6.45, 7) is 4.33. The van der Waals surface area contributed by atoms with Gasteiger partial charge in [-0.3, -0.25) is 4.98 Å². The molecule has 0 N–H and O–H groups in total. The monoisotopic (exact) mass is 396 g/mol. The third-order valence-corrected chi connectivity index (χ3v) is 6.51. The predicted octanol–water partition coefficient (Wildman–Crippen LogP) is 3.38. The topological polar surface area (TPSA) is 67.3 Å². The minimum Gasteiger partial charge on any atom is -0.476 e. The first-order valence-electron chi connectivity index (χ1n) is 10.00. The second kappa shape index (κ2) is 7.87. The molecule has 3 aromatic heterocycles. The van der Waals surface area contributed by atoms with E-state index in [2.05, 4.69) is 36.2 Å². The summed E-state index contributed by atoms with van der Waals surface area (Å²) in [6.07, 6.45) is 10.4. The molecule has 0 spiro atoms. The zero-order valence-corrected chi connectivity index (χ0v) is 16.6. The summed E-state index contributed by atoms with van der Waals surface area (Å²) in [6, 6.07) is 2.11. The molecule has 146 valence electrons. The van der Waals surface area contributed by atoms with Crippen LogP contribution in [0, 0.1) is 5.92 Å². The molecule has 0 amide bonds. The van der Waals surface area contributed by atoms with Crippen LogP contribution in [0.25, 0.3) is 10.2 Å². The van der Waals surface area contributed by atoms with Crippen LogP contribution >= 0.6 is 11.3 Å². The summed E-state index contributed by atoms with van der Waals surface area (Å²) in [7, 11) is 0. The van der Waals surface area contributed by atoms with Crippen LogP contribution in [-0.2, 0) is 0 Å². The Morgan fingerprint density at radius 1 is 1.04 bits per heavy atom. The number of hydrogen-bond donors (Lipinski definition) is 0. The Kier molecular flexibility index (Phi) is 4.95. The van der Waals surface area contributed by atoms with E-state index in [1.807, 2.05) is 6.20 Å². The van der Waals surface area contributed by atoms with E-state index in [4.69, 9.17) is 9.72 Å². The van der Waals surface area contributed by atoms with Gasteiger partial charge in [0.1, 0.15) is 17.0 Å². The molecule has 5 rings (SSSR count). The van der Waals surface area contributed by atoms with Crippen molar-refractivity contribution in [2.75, 3.05) is 42.6 Å². The summed E-state index contributed by atoms with van der Waals surface area (Å²) < 4.78 is 5.92. The Morgan fingerprint density at radius 3 is 2.71 bits per heavy atom. The number of aromatic nitrogens is 4. The van der Waals surface area contributed by atoms with Crippen molar-refractivity contribution in [2.45, 2.75) is 25.7 Å². The van der Waals surface area contributed by atoms with Crippen molar-refractivity contribution in [3.05, 3.63) is 30.2 Å².